The lowest BCUT2D eigenvalue weighted by molar-refractivity contribution is 0.589. The third kappa shape index (κ3) is 1.82. The molecule has 1 heterocycles. The fraction of sp³-hybridized carbons (Fsp3) is 0.111. The molecule has 0 amide bonds. The van der Waals surface area contributed by atoms with Crippen LogP contribution in [-0.2, 0) is 0 Å². The second-order valence-electron chi connectivity index (χ2n) is 5.09. The Labute approximate surface area is 131 Å². The molecule has 0 bridgehead atoms. The van der Waals surface area contributed by atoms with Crippen molar-refractivity contribution in [2.24, 2.45) is 0 Å². The van der Waals surface area contributed by atoms with Crippen molar-refractivity contribution in [2.75, 3.05) is 0 Å². The van der Waals surface area contributed by atoms with Gasteiger partial charge >= 0.3 is 0 Å². The van der Waals surface area contributed by atoms with E-state index in [0.717, 1.165) is 17.8 Å². The molecule has 1 atom stereocenters. The van der Waals surface area contributed by atoms with Crippen molar-refractivity contribution < 1.29 is 4.42 Å². The van der Waals surface area contributed by atoms with Crippen LogP contribution in [0, 0.1) is 3.57 Å². The lowest BCUT2D eigenvalue weighted by atomic mass is 9.84. The summed E-state index contributed by atoms with van der Waals surface area (Å²) in [6, 6.07) is 17.0. The number of furan rings is 1. The highest BCUT2D eigenvalue weighted by Crippen LogP contribution is 2.42. The van der Waals surface area contributed by atoms with Crippen LogP contribution in [0.5, 0.6) is 0 Å². The first kappa shape index (κ1) is 12.2. The van der Waals surface area contributed by atoms with Crippen molar-refractivity contribution in [3.63, 3.8) is 0 Å². The zero-order valence-corrected chi connectivity index (χ0v) is 13.0. The predicted octanol–water partition coefficient (Wildman–Crippen LogP) is 5.59. The van der Waals surface area contributed by atoms with Crippen LogP contribution in [0.4, 0.5) is 0 Å². The molecule has 1 aromatic heterocycles. The van der Waals surface area contributed by atoms with Gasteiger partial charge < -0.3 is 4.42 Å². The summed E-state index contributed by atoms with van der Waals surface area (Å²) in [5.41, 5.74) is 3.70. The van der Waals surface area contributed by atoms with E-state index < -0.39 is 0 Å². The number of fused-ring (bicyclic) bond motifs is 3. The Balaban J connectivity index is 2.01. The van der Waals surface area contributed by atoms with Crippen LogP contribution in [0.2, 0.25) is 0 Å². The number of rotatable bonds is 1. The summed E-state index contributed by atoms with van der Waals surface area (Å²) < 4.78 is 7.30. The summed E-state index contributed by atoms with van der Waals surface area (Å²) in [6.45, 7) is 0. The Kier molecular flexibility index (Phi) is 2.91. The maximum absolute atomic E-state index is 6.03. The van der Waals surface area contributed by atoms with E-state index >= 15 is 0 Å². The van der Waals surface area contributed by atoms with Gasteiger partial charge in [-0.05, 0) is 52.8 Å². The van der Waals surface area contributed by atoms with Crippen LogP contribution >= 0.6 is 22.6 Å². The highest BCUT2D eigenvalue weighted by molar-refractivity contribution is 14.1. The maximum Gasteiger partial charge on any atom is 0.136 e. The lowest BCUT2D eigenvalue weighted by Gasteiger charge is -2.19. The minimum atomic E-state index is 0.397. The van der Waals surface area contributed by atoms with Gasteiger partial charge in [-0.3, -0.25) is 0 Å². The van der Waals surface area contributed by atoms with Crippen LogP contribution in [0.1, 0.15) is 29.2 Å². The summed E-state index contributed by atoms with van der Waals surface area (Å²) in [6.07, 6.45) is 5.37. The van der Waals surface area contributed by atoms with Crippen molar-refractivity contribution in [3.05, 3.63) is 75.1 Å². The summed E-state index contributed by atoms with van der Waals surface area (Å²) in [5, 5.41) is 1.28. The Bertz CT molecular complexity index is 799. The zero-order chi connectivity index (χ0) is 13.5. The van der Waals surface area contributed by atoms with Gasteiger partial charge in [-0.25, -0.2) is 0 Å². The molecule has 3 aromatic rings. The standard InChI is InChI=1S/C18H13IO/c19-14-9-5-11-16-18(14)17-13(8-4-10-15(17)20-16)12-6-2-1-3-7-12/h1-7,9-11,13H,8H2. The number of benzene rings is 2. The average Bonchev–Trinajstić information content (AvgIpc) is 2.88. The van der Waals surface area contributed by atoms with E-state index in [9.17, 15) is 0 Å². The molecule has 4 rings (SSSR count). The van der Waals surface area contributed by atoms with E-state index in [0.29, 0.717) is 5.92 Å². The van der Waals surface area contributed by atoms with Crippen molar-refractivity contribution in [1.29, 1.82) is 0 Å². The van der Waals surface area contributed by atoms with E-state index in [1.165, 1.54) is 20.1 Å². The first-order valence-corrected chi connectivity index (χ1v) is 7.85. The lowest BCUT2D eigenvalue weighted by Crippen LogP contribution is -2.04. The molecule has 0 spiro atoms. The van der Waals surface area contributed by atoms with Crippen molar-refractivity contribution in [2.45, 2.75) is 12.3 Å². The Hall–Kier alpha value is -1.55. The molecule has 1 unspecified atom stereocenters. The summed E-state index contributed by atoms with van der Waals surface area (Å²) in [5.74, 6) is 1.41. The van der Waals surface area contributed by atoms with E-state index in [1.54, 1.807) is 0 Å². The van der Waals surface area contributed by atoms with Crippen molar-refractivity contribution >= 4 is 39.6 Å². The fourth-order valence-electron chi connectivity index (χ4n) is 3.03. The molecule has 0 radical (unpaired) electrons. The zero-order valence-electron chi connectivity index (χ0n) is 10.8. The second kappa shape index (κ2) is 4.77. The molecule has 20 heavy (non-hydrogen) atoms. The van der Waals surface area contributed by atoms with Crippen molar-refractivity contribution in [3.8, 4) is 0 Å². The van der Waals surface area contributed by atoms with Crippen LogP contribution in [0.15, 0.2) is 59.0 Å². The average molecular weight is 372 g/mol. The van der Waals surface area contributed by atoms with Gasteiger partial charge in [-0.1, -0.05) is 42.5 Å². The maximum atomic E-state index is 6.03. The molecule has 1 aliphatic rings. The van der Waals surface area contributed by atoms with Gasteiger partial charge in [-0.15, -0.1) is 0 Å². The molecule has 0 saturated carbocycles. The monoisotopic (exact) mass is 372 g/mol. The molecule has 1 aliphatic carbocycles. The molecular formula is C18H13IO. The van der Waals surface area contributed by atoms with E-state index in [4.69, 9.17) is 4.42 Å². The van der Waals surface area contributed by atoms with Gasteiger partial charge in [0, 0.05) is 20.4 Å². The molecule has 1 nitrogen and oxygen atoms in total. The van der Waals surface area contributed by atoms with Gasteiger partial charge in [0.25, 0.3) is 0 Å². The van der Waals surface area contributed by atoms with Crippen LogP contribution in [0.3, 0.4) is 0 Å². The Morgan fingerprint density at radius 2 is 1.85 bits per heavy atom. The van der Waals surface area contributed by atoms with Crippen LogP contribution < -0.4 is 0 Å². The molecule has 0 aliphatic heterocycles. The SMILES string of the molecule is Ic1cccc2oc3c(c12)C(c1ccccc1)CC=C3. The van der Waals surface area contributed by atoms with E-state index in [-0.39, 0.29) is 0 Å². The van der Waals surface area contributed by atoms with Gasteiger partial charge in [0.15, 0.2) is 0 Å². The minimum Gasteiger partial charge on any atom is -0.456 e. The molecule has 0 N–H and O–H groups in total. The normalized spacial score (nSPS) is 17.4. The molecule has 2 aromatic carbocycles. The van der Waals surface area contributed by atoms with Gasteiger partial charge in [0.2, 0.25) is 0 Å². The largest absolute Gasteiger partial charge is 0.456 e. The molecule has 98 valence electrons. The summed E-state index contributed by atoms with van der Waals surface area (Å²) in [4.78, 5) is 0. The number of allylic oxidation sites excluding steroid dienone is 1. The predicted molar refractivity (Wildman–Crippen MR) is 90.9 cm³/mol. The van der Waals surface area contributed by atoms with Crippen LogP contribution in [-0.4, -0.2) is 0 Å². The van der Waals surface area contributed by atoms with Crippen molar-refractivity contribution in [1.82, 2.24) is 0 Å². The topological polar surface area (TPSA) is 13.1 Å². The summed E-state index contributed by atoms with van der Waals surface area (Å²) in [7, 11) is 0. The van der Waals surface area contributed by atoms with Crippen LogP contribution in [0.25, 0.3) is 17.0 Å². The van der Waals surface area contributed by atoms with Gasteiger partial charge in [-0.2, -0.15) is 0 Å². The number of halogens is 1. The molecular weight excluding hydrogens is 359 g/mol. The Morgan fingerprint density at radius 3 is 2.70 bits per heavy atom. The summed E-state index contributed by atoms with van der Waals surface area (Å²) >= 11 is 2.41. The molecule has 2 heteroatoms. The highest BCUT2D eigenvalue weighted by Gasteiger charge is 2.25. The Morgan fingerprint density at radius 1 is 1.00 bits per heavy atom. The van der Waals surface area contributed by atoms with Gasteiger partial charge in [0.05, 0.1) is 0 Å². The van der Waals surface area contributed by atoms with E-state index in [2.05, 4.69) is 83.3 Å². The first-order chi connectivity index (χ1) is 9.84. The molecule has 0 fully saturated rings. The fourth-order valence-corrected chi connectivity index (χ4v) is 3.80. The minimum absolute atomic E-state index is 0.397. The van der Waals surface area contributed by atoms with E-state index in [1.807, 2.05) is 0 Å². The molecule has 0 saturated heterocycles. The highest BCUT2D eigenvalue weighted by atomic mass is 127. The number of hydrogen-bond acceptors (Lipinski definition) is 1. The number of hydrogen-bond donors (Lipinski definition) is 0. The second-order valence-corrected chi connectivity index (χ2v) is 6.26. The van der Waals surface area contributed by atoms with Gasteiger partial charge in [0.1, 0.15) is 11.3 Å². The first-order valence-electron chi connectivity index (χ1n) is 6.77. The third-order valence-electron chi connectivity index (χ3n) is 3.92. The quantitative estimate of drug-likeness (QED) is 0.508. The third-order valence-corrected chi connectivity index (χ3v) is 4.82. The smallest absolute Gasteiger partial charge is 0.136 e.